The maximum Gasteiger partial charge on any atom is 0.237 e. The van der Waals surface area contributed by atoms with E-state index in [0.29, 0.717) is 6.42 Å². The van der Waals surface area contributed by atoms with E-state index in [2.05, 4.69) is 65.8 Å². The zero-order valence-electron chi connectivity index (χ0n) is 19.0. The van der Waals surface area contributed by atoms with Gasteiger partial charge in [-0.15, -0.1) is 22.0 Å². The third-order valence-corrected chi connectivity index (χ3v) is 7.56. The molecule has 0 aliphatic carbocycles. The van der Waals surface area contributed by atoms with E-state index in [1.165, 1.54) is 27.8 Å². The third-order valence-electron chi connectivity index (χ3n) is 5.15. The Kier molecular flexibility index (Phi) is 7.84. The number of carbonyl (C=O) groups excluding carboxylic acids is 1. The van der Waals surface area contributed by atoms with Crippen molar-refractivity contribution in [2.24, 2.45) is 7.05 Å². The molecule has 0 spiro atoms. The van der Waals surface area contributed by atoms with E-state index in [-0.39, 0.29) is 11.2 Å². The monoisotopic (exact) mass is 454 g/mol. The average Bonchev–Trinajstić information content (AvgIpc) is 3.07. The fourth-order valence-electron chi connectivity index (χ4n) is 3.39. The van der Waals surface area contributed by atoms with Crippen LogP contribution in [0.5, 0.6) is 0 Å². The highest BCUT2D eigenvalue weighted by molar-refractivity contribution is 8.00. The molecule has 1 aromatic heterocycles. The van der Waals surface area contributed by atoms with Crippen molar-refractivity contribution in [3.8, 4) is 0 Å². The van der Waals surface area contributed by atoms with Gasteiger partial charge in [0, 0.05) is 17.6 Å². The molecule has 1 N–H and O–H groups in total. The summed E-state index contributed by atoms with van der Waals surface area (Å²) in [5.74, 6) is 1.63. The zero-order chi connectivity index (χ0) is 22.5. The molecule has 0 aliphatic rings. The predicted molar refractivity (Wildman–Crippen MR) is 131 cm³/mol. The molecule has 2 aromatic carbocycles. The maximum atomic E-state index is 13.0. The summed E-state index contributed by atoms with van der Waals surface area (Å²) < 4.78 is 1.99. The molecule has 3 rings (SSSR count). The standard InChI is InChI=1S/C24H30N4OS2/c1-7-20(23(29)25-22-17(4)12-16(3)13-18(22)5)31-24-27-26-21(28(24)6)14-30-19-10-8-15(2)9-11-19/h8-13,20H,7,14H2,1-6H3,(H,25,29). The molecular formula is C24H30N4OS2. The fraction of sp³-hybridized carbons (Fsp3) is 0.375. The van der Waals surface area contributed by atoms with Gasteiger partial charge in [-0.1, -0.05) is 54.1 Å². The number of amides is 1. The molecule has 0 bridgehead atoms. The van der Waals surface area contributed by atoms with Crippen LogP contribution in [-0.4, -0.2) is 25.9 Å². The minimum atomic E-state index is -0.236. The lowest BCUT2D eigenvalue weighted by atomic mass is 10.0. The number of hydrogen-bond donors (Lipinski definition) is 1. The largest absolute Gasteiger partial charge is 0.325 e. The summed E-state index contributed by atoms with van der Waals surface area (Å²) in [6.07, 6.45) is 0.709. The molecule has 1 atom stereocenters. The van der Waals surface area contributed by atoms with E-state index in [0.717, 1.165) is 33.5 Å². The predicted octanol–water partition coefficient (Wildman–Crippen LogP) is 5.85. The summed E-state index contributed by atoms with van der Waals surface area (Å²) in [5.41, 5.74) is 5.52. The van der Waals surface area contributed by atoms with Crippen LogP contribution in [0, 0.1) is 27.7 Å². The minimum Gasteiger partial charge on any atom is -0.325 e. The highest BCUT2D eigenvalue weighted by Gasteiger charge is 2.22. The fourth-order valence-corrected chi connectivity index (χ4v) is 5.20. The Morgan fingerprint density at radius 3 is 2.29 bits per heavy atom. The summed E-state index contributed by atoms with van der Waals surface area (Å²) in [4.78, 5) is 14.2. The summed E-state index contributed by atoms with van der Waals surface area (Å²) in [5, 5.41) is 12.4. The number of aromatic nitrogens is 3. The topological polar surface area (TPSA) is 59.8 Å². The third kappa shape index (κ3) is 5.92. The van der Waals surface area contributed by atoms with E-state index >= 15 is 0 Å². The molecule has 0 aliphatic heterocycles. The van der Waals surface area contributed by atoms with Gasteiger partial charge in [0.25, 0.3) is 0 Å². The van der Waals surface area contributed by atoms with E-state index in [4.69, 9.17) is 0 Å². The molecule has 1 amide bonds. The first-order chi connectivity index (χ1) is 14.8. The lowest BCUT2D eigenvalue weighted by Gasteiger charge is -2.17. The second-order valence-electron chi connectivity index (χ2n) is 7.84. The van der Waals surface area contributed by atoms with Crippen molar-refractivity contribution in [3.05, 3.63) is 64.5 Å². The number of anilines is 1. The number of carbonyl (C=O) groups is 1. The Morgan fingerprint density at radius 2 is 1.68 bits per heavy atom. The zero-order valence-corrected chi connectivity index (χ0v) is 20.7. The van der Waals surface area contributed by atoms with Gasteiger partial charge in [0.2, 0.25) is 5.91 Å². The van der Waals surface area contributed by atoms with Crippen LogP contribution in [-0.2, 0) is 17.6 Å². The Bertz CT molecular complexity index is 1040. The van der Waals surface area contributed by atoms with E-state index in [1.54, 1.807) is 11.8 Å². The molecule has 0 saturated carbocycles. The Hall–Kier alpha value is -2.25. The molecule has 31 heavy (non-hydrogen) atoms. The molecule has 7 heteroatoms. The number of rotatable bonds is 8. The van der Waals surface area contributed by atoms with Crippen LogP contribution in [0.15, 0.2) is 46.5 Å². The number of hydrogen-bond acceptors (Lipinski definition) is 5. The van der Waals surface area contributed by atoms with Gasteiger partial charge < -0.3 is 9.88 Å². The van der Waals surface area contributed by atoms with Crippen LogP contribution in [0.3, 0.4) is 0 Å². The number of thioether (sulfide) groups is 2. The highest BCUT2D eigenvalue weighted by Crippen LogP contribution is 2.29. The lowest BCUT2D eigenvalue weighted by Crippen LogP contribution is -2.26. The molecule has 3 aromatic rings. The van der Waals surface area contributed by atoms with Gasteiger partial charge in [-0.3, -0.25) is 4.79 Å². The Balaban J connectivity index is 1.66. The summed E-state index contributed by atoms with van der Waals surface area (Å²) in [6.45, 7) is 10.2. The normalized spacial score (nSPS) is 12.1. The number of nitrogens with one attached hydrogen (secondary N) is 1. The van der Waals surface area contributed by atoms with Gasteiger partial charge in [0.15, 0.2) is 5.16 Å². The van der Waals surface area contributed by atoms with Crippen LogP contribution >= 0.6 is 23.5 Å². The minimum absolute atomic E-state index is 0.00105. The summed E-state index contributed by atoms with van der Waals surface area (Å²) >= 11 is 3.20. The van der Waals surface area contributed by atoms with Crippen molar-refractivity contribution in [2.45, 2.75) is 62.1 Å². The quantitative estimate of drug-likeness (QED) is 0.433. The van der Waals surface area contributed by atoms with Gasteiger partial charge in [0.05, 0.1) is 11.0 Å². The molecule has 0 radical (unpaired) electrons. The van der Waals surface area contributed by atoms with Crippen LogP contribution < -0.4 is 5.32 Å². The van der Waals surface area contributed by atoms with Crippen molar-refractivity contribution in [1.29, 1.82) is 0 Å². The van der Waals surface area contributed by atoms with Crippen molar-refractivity contribution < 1.29 is 4.79 Å². The number of nitrogens with zero attached hydrogens (tertiary/aromatic N) is 3. The summed E-state index contributed by atoms with van der Waals surface area (Å²) in [6, 6.07) is 12.7. The van der Waals surface area contributed by atoms with Gasteiger partial charge in [-0.25, -0.2) is 0 Å². The molecule has 164 valence electrons. The van der Waals surface area contributed by atoms with Gasteiger partial charge in [0.1, 0.15) is 5.82 Å². The van der Waals surface area contributed by atoms with Crippen LogP contribution in [0.2, 0.25) is 0 Å². The molecule has 0 saturated heterocycles. The van der Waals surface area contributed by atoms with Crippen LogP contribution in [0.25, 0.3) is 0 Å². The molecule has 1 unspecified atom stereocenters. The Morgan fingerprint density at radius 1 is 1.03 bits per heavy atom. The van der Waals surface area contributed by atoms with Crippen LogP contribution in [0.1, 0.15) is 41.4 Å². The Labute approximate surface area is 193 Å². The van der Waals surface area contributed by atoms with Crippen molar-refractivity contribution >= 4 is 35.1 Å². The van der Waals surface area contributed by atoms with E-state index in [1.807, 2.05) is 32.4 Å². The van der Waals surface area contributed by atoms with Gasteiger partial charge >= 0.3 is 0 Å². The summed E-state index contributed by atoms with van der Waals surface area (Å²) in [7, 11) is 1.96. The smallest absolute Gasteiger partial charge is 0.237 e. The molecule has 1 heterocycles. The van der Waals surface area contributed by atoms with Crippen molar-refractivity contribution in [1.82, 2.24) is 14.8 Å². The van der Waals surface area contributed by atoms with Crippen molar-refractivity contribution in [2.75, 3.05) is 5.32 Å². The molecular weight excluding hydrogens is 424 g/mol. The van der Waals surface area contributed by atoms with E-state index < -0.39 is 0 Å². The van der Waals surface area contributed by atoms with Gasteiger partial charge in [-0.05, 0) is 57.4 Å². The lowest BCUT2D eigenvalue weighted by molar-refractivity contribution is -0.115. The molecule has 5 nitrogen and oxygen atoms in total. The maximum absolute atomic E-state index is 13.0. The van der Waals surface area contributed by atoms with Crippen LogP contribution in [0.4, 0.5) is 5.69 Å². The SMILES string of the molecule is CCC(Sc1nnc(CSc2ccc(C)cc2)n1C)C(=O)Nc1c(C)cc(C)cc1C. The first kappa shape index (κ1) is 23.4. The first-order valence-electron chi connectivity index (χ1n) is 10.4. The number of aryl methyl sites for hydroxylation is 4. The van der Waals surface area contributed by atoms with E-state index in [9.17, 15) is 4.79 Å². The molecule has 0 fully saturated rings. The number of benzene rings is 2. The highest BCUT2D eigenvalue weighted by atomic mass is 32.2. The average molecular weight is 455 g/mol. The first-order valence-corrected chi connectivity index (χ1v) is 12.3. The van der Waals surface area contributed by atoms with Gasteiger partial charge in [-0.2, -0.15) is 0 Å². The van der Waals surface area contributed by atoms with Crippen molar-refractivity contribution in [3.63, 3.8) is 0 Å². The second kappa shape index (κ2) is 10.4. The second-order valence-corrected chi connectivity index (χ2v) is 10.1.